The number of halogens is 1. The molecule has 0 radical (unpaired) electrons. The third kappa shape index (κ3) is 3.91. The third-order valence-corrected chi connectivity index (χ3v) is 5.07. The van der Waals surface area contributed by atoms with Crippen molar-refractivity contribution >= 4 is 45.4 Å². The van der Waals surface area contributed by atoms with Crippen LogP contribution in [0.3, 0.4) is 0 Å². The lowest BCUT2D eigenvalue weighted by molar-refractivity contribution is -0.141. The number of anilines is 1. The van der Waals surface area contributed by atoms with E-state index in [1.807, 2.05) is 19.1 Å². The first-order valence-electron chi connectivity index (χ1n) is 6.72. The molecule has 1 fully saturated rings. The van der Waals surface area contributed by atoms with E-state index in [1.165, 1.54) is 16.7 Å². The number of hydrogen-bond donors (Lipinski definition) is 2. The van der Waals surface area contributed by atoms with Gasteiger partial charge in [-0.25, -0.2) is 9.59 Å². The molecular weight excluding hydrogens is 356 g/mol. The number of carbonyl (C=O) groups excluding carboxylic acids is 1. The molecule has 1 saturated heterocycles. The second-order valence-electron chi connectivity index (χ2n) is 4.78. The Kier molecular flexibility index (Phi) is 5.52. The molecular formula is C14H17BrN2O3S. The van der Waals surface area contributed by atoms with Gasteiger partial charge < -0.3 is 10.4 Å². The van der Waals surface area contributed by atoms with Gasteiger partial charge in [0.05, 0.1) is 5.37 Å². The van der Waals surface area contributed by atoms with Crippen LogP contribution in [0.1, 0.15) is 19.8 Å². The zero-order chi connectivity index (χ0) is 15.4. The first kappa shape index (κ1) is 16.2. The lowest BCUT2D eigenvalue weighted by Gasteiger charge is -2.27. The number of amides is 2. The molecule has 2 N–H and O–H groups in total. The third-order valence-electron chi connectivity index (χ3n) is 3.22. The van der Waals surface area contributed by atoms with Crippen molar-refractivity contribution < 1.29 is 14.7 Å². The molecule has 0 aliphatic carbocycles. The molecule has 1 heterocycles. The molecule has 1 aliphatic heterocycles. The van der Waals surface area contributed by atoms with Crippen LogP contribution in [-0.4, -0.2) is 39.2 Å². The maximum Gasteiger partial charge on any atom is 0.327 e. The quantitative estimate of drug-likeness (QED) is 0.846. The van der Waals surface area contributed by atoms with Crippen LogP contribution in [0.25, 0.3) is 0 Å². The van der Waals surface area contributed by atoms with Crippen molar-refractivity contribution in [2.24, 2.45) is 0 Å². The summed E-state index contributed by atoms with van der Waals surface area (Å²) in [5.74, 6) is -0.517. The normalized spacial score (nSPS) is 21.3. The molecule has 114 valence electrons. The van der Waals surface area contributed by atoms with Gasteiger partial charge in [-0.1, -0.05) is 35.3 Å². The van der Waals surface area contributed by atoms with Gasteiger partial charge in [-0.2, -0.15) is 0 Å². The van der Waals surface area contributed by atoms with Crippen LogP contribution in [0, 0.1) is 0 Å². The Morgan fingerprint density at radius 1 is 1.52 bits per heavy atom. The van der Waals surface area contributed by atoms with Gasteiger partial charge in [-0.05, 0) is 24.6 Å². The summed E-state index contributed by atoms with van der Waals surface area (Å²) >= 11 is 4.87. The summed E-state index contributed by atoms with van der Waals surface area (Å²) in [6.07, 6.45) is 1.70. The Labute approximate surface area is 136 Å². The standard InChI is InChI=1S/C14H17BrN2O3S/c1-2-4-12-17(11(8-21-12)13(18)19)14(20)16-10-6-3-5-9(15)7-10/h3,5-7,11-12H,2,4,8H2,1H3,(H,16,20)(H,18,19). The number of nitrogens with zero attached hydrogens (tertiary/aromatic N) is 1. The number of carbonyl (C=O) groups is 2. The van der Waals surface area contributed by atoms with Crippen molar-refractivity contribution in [1.29, 1.82) is 0 Å². The molecule has 1 aromatic rings. The molecule has 7 heteroatoms. The average molecular weight is 373 g/mol. The van der Waals surface area contributed by atoms with Crippen molar-refractivity contribution in [3.63, 3.8) is 0 Å². The van der Waals surface area contributed by atoms with E-state index in [2.05, 4.69) is 21.2 Å². The summed E-state index contributed by atoms with van der Waals surface area (Å²) < 4.78 is 0.857. The summed E-state index contributed by atoms with van der Waals surface area (Å²) in [6, 6.07) is 6.11. The van der Waals surface area contributed by atoms with Gasteiger partial charge in [0.15, 0.2) is 0 Å². The number of thioether (sulfide) groups is 1. The van der Waals surface area contributed by atoms with E-state index in [-0.39, 0.29) is 11.4 Å². The van der Waals surface area contributed by atoms with E-state index >= 15 is 0 Å². The lowest BCUT2D eigenvalue weighted by atomic mass is 10.2. The van der Waals surface area contributed by atoms with Crippen LogP contribution < -0.4 is 5.32 Å². The molecule has 21 heavy (non-hydrogen) atoms. The van der Waals surface area contributed by atoms with Crippen LogP contribution >= 0.6 is 27.7 Å². The second kappa shape index (κ2) is 7.17. The van der Waals surface area contributed by atoms with Crippen LogP contribution in [0.4, 0.5) is 10.5 Å². The Bertz CT molecular complexity index is 541. The Morgan fingerprint density at radius 2 is 2.29 bits per heavy atom. The molecule has 2 atom stereocenters. The van der Waals surface area contributed by atoms with Gasteiger partial charge in [0, 0.05) is 15.9 Å². The molecule has 1 aliphatic rings. The van der Waals surface area contributed by atoms with Crippen molar-refractivity contribution in [2.45, 2.75) is 31.2 Å². The van der Waals surface area contributed by atoms with Crippen LogP contribution in [0.5, 0.6) is 0 Å². The fourth-order valence-corrected chi connectivity index (χ4v) is 4.16. The number of carboxylic acids is 1. The van der Waals surface area contributed by atoms with E-state index < -0.39 is 12.0 Å². The first-order chi connectivity index (χ1) is 10.0. The SMILES string of the molecule is CCCC1SCC(C(=O)O)N1C(=O)Nc1cccc(Br)c1. The van der Waals surface area contributed by atoms with Crippen LogP contribution in [0.15, 0.2) is 28.7 Å². The number of aliphatic carboxylic acids is 1. The van der Waals surface area contributed by atoms with E-state index in [0.29, 0.717) is 11.4 Å². The highest BCUT2D eigenvalue weighted by atomic mass is 79.9. The average Bonchev–Trinajstić information content (AvgIpc) is 2.83. The molecule has 5 nitrogen and oxygen atoms in total. The summed E-state index contributed by atoms with van der Waals surface area (Å²) in [4.78, 5) is 25.2. The van der Waals surface area contributed by atoms with E-state index in [4.69, 9.17) is 0 Å². The summed E-state index contributed by atoms with van der Waals surface area (Å²) in [5.41, 5.74) is 0.644. The van der Waals surface area contributed by atoms with Crippen LogP contribution in [0.2, 0.25) is 0 Å². The van der Waals surface area contributed by atoms with Crippen molar-refractivity contribution in [1.82, 2.24) is 4.90 Å². The number of carboxylic acid groups (broad SMARTS) is 1. The number of hydrogen-bond acceptors (Lipinski definition) is 3. The molecule has 0 spiro atoms. The van der Waals surface area contributed by atoms with E-state index in [1.54, 1.807) is 12.1 Å². The summed E-state index contributed by atoms with van der Waals surface area (Å²) in [6.45, 7) is 2.03. The monoisotopic (exact) mass is 372 g/mol. The zero-order valence-corrected chi connectivity index (χ0v) is 14.0. The van der Waals surface area contributed by atoms with Crippen molar-refractivity contribution in [3.8, 4) is 0 Å². The topological polar surface area (TPSA) is 69.6 Å². The number of nitrogens with one attached hydrogen (secondary N) is 1. The Hall–Kier alpha value is -1.21. The van der Waals surface area contributed by atoms with Crippen molar-refractivity contribution in [2.75, 3.05) is 11.1 Å². The minimum Gasteiger partial charge on any atom is -0.480 e. The predicted molar refractivity (Wildman–Crippen MR) is 87.6 cm³/mol. The predicted octanol–water partition coefficient (Wildman–Crippen LogP) is 3.61. The molecule has 2 rings (SSSR count). The molecule has 0 bridgehead atoms. The number of benzene rings is 1. The summed E-state index contributed by atoms with van der Waals surface area (Å²) in [7, 11) is 0. The minimum atomic E-state index is -0.953. The highest BCUT2D eigenvalue weighted by molar-refractivity contribution is 9.10. The molecule has 2 amide bonds. The van der Waals surface area contributed by atoms with E-state index in [0.717, 1.165) is 17.3 Å². The van der Waals surface area contributed by atoms with Crippen molar-refractivity contribution in [3.05, 3.63) is 28.7 Å². The highest BCUT2D eigenvalue weighted by Crippen LogP contribution is 2.33. The smallest absolute Gasteiger partial charge is 0.327 e. The zero-order valence-electron chi connectivity index (χ0n) is 11.6. The fraction of sp³-hybridized carbons (Fsp3) is 0.429. The van der Waals surface area contributed by atoms with Gasteiger partial charge in [0.1, 0.15) is 6.04 Å². The fourth-order valence-electron chi connectivity index (χ4n) is 2.25. The Balaban J connectivity index is 2.14. The maximum atomic E-state index is 12.4. The number of urea groups is 1. The molecule has 0 aromatic heterocycles. The second-order valence-corrected chi connectivity index (χ2v) is 6.90. The van der Waals surface area contributed by atoms with Gasteiger partial charge in [0.2, 0.25) is 0 Å². The molecule has 0 saturated carbocycles. The summed E-state index contributed by atoms with van der Waals surface area (Å²) in [5, 5.41) is 12.0. The van der Waals surface area contributed by atoms with Gasteiger partial charge >= 0.3 is 12.0 Å². The minimum absolute atomic E-state index is 0.0803. The van der Waals surface area contributed by atoms with E-state index in [9.17, 15) is 14.7 Å². The molecule has 2 unspecified atom stereocenters. The van der Waals surface area contributed by atoms with Gasteiger partial charge in [0.25, 0.3) is 0 Å². The number of rotatable bonds is 4. The lowest BCUT2D eigenvalue weighted by Crippen LogP contribution is -2.47. The first-order valence-corrected chi connectivity index (χ1v) is 8.56. The molecule has 1 aromatic carbocycles. The largest absolute Gasteiger partial charge is 0.480 e. The van der Waals surface area contributed by atoms with Gasteiger partial charge in [-0.15, -0.1) is 11.8 Å². The maximum absolute atomic E-state index is 12.4. The van der Waals surface area contributed by atoms with Crippen LogP contribution in [-0.2, 0) is 4.79 Å². The highest BCUT2D eigenvalue weighted by Gasteiger charge is 2.41. The van der Waals surface area contributed by atoms with Gasteiger partial charge in [-0.3, -0.25) is 4.90 Å². The Morgan fingerprint density at radius 3 is 2.90 bits per heavy atom.